The van der Waals surface area contributed by atoms with E-state index < -0.39 is 0 Å². The molecule has 3 nitrogen and oxygen atoms in total. The monoisotopic (exact) mass is 164 g/mol. The highest BCUT2D eigenvalue weighted by Crippen LogP contribution is 2.47. The molecule has 2 rings (SSSR count). The fraction of sp³-hybridized carbons (Fsp3) is 0.444. The van der Waals surface area contributed by atoms with Crippen LogP contribution in [0.3, 0.4) is 0 Å². The predicted molar refractivity (Wildman–Crippen MR) is 45.3 cm³/mol. The van der Waals surface area contributed by atoms with Gasteiger partial charge in [-0.15, -0.1) is 0 Å². The van der Waals surface area contributed by atoms with Crippen LogP contribution in [-0.2, 0) is 10.3 Å². The van der Waals surface area contributed by atoms with Crippen LogP contribution in [0.25, 0.3) is 0 Å². The normalized spacial score (nSPS) is 19.1. The lowest BCUT2D eigenvalue weighted by Crippen LogP contribution is -2.17. The van der Waals surface area contributed by atoms with Crippen LogP contribution in [0.2, 0.25) is 0 Å². The molecule has 0 amide bonds. The SMILES string of the molecule is NOCC1(c2ccncc2)CC1. The molecule has 1 aliphatic rings. The molecule has 0 aliphatic heterocycles. The van der Waals surface area contributed by atoms with Gasteiger partial charge < -0.3 is 4.84 Å². The zero-order chi connectivity index (χ0) is 8.44. The topological polar surface area (TPSA) is 48.1 Å². The van der Waals surface area contributed by atoms with E-state index in [2.05, 4.69) is 4.98 Å². The van der Waals surface area contributed by atoms with Crippen LogP contribution in [0, 0.1) is 0 Å². The van der Waals surface area contributed by atoms with E-state index in [0.29, 0.717) is 6.61 Å². The second-order valence-corrected chi connectivity index (χ2v) is 3.33. The zero-order valence-electron chi connectivity index (χ0n) is 6.86. The molecule has 1 saturated carbocycles. The number of rotatable bonds is 3. The highest BCUT2D eigenvalue weighted by atomic mass is 16.6. The first kappa shape index (κ1) is 7.71. The number of nitrogens with zero attached hydrogens (tertiary/aromatic N) is 1. The summed E-state index contributed by atoms with van der Waals surface area (Å²) in [5, 5.41) is 0. The van der Waals surface area contributed by atoms with Crippen molar-refractivity contribution in [2.75, 3.05) is 6.61 Å². The number of hydrogen-bond donors (Lipinski definition) is 1. The van der Waals surface area contributed by atoms with Crippen molar-refractivity contribution in [3.05, 3.63) is 30.1 Å². The molecule has 0 unspecified atom stereocenters. The summed E-state index contributed by atoms with van der Waals surface area (Å²) in [6, 6.07) is 4.07. The first-order valence-corrected chi connectivity index (χ1v) is 4.10. The largest absolute Gasteiger partial charge is 0.304 e. The molecule has 0 aromatic carbocycles. The van der Waals surface area contributed by atoms with E-state index in [4.69, 9.17) is 10.7 Å². The van der Waals surface area contributed by atoms with Crippen molar-refractivity contribution in [1.82, 2.24) is 4.98 Å². The van der Waals surface area contributed by atoms with E-state index in [1.54, 1.807) is 0 Å². The molecule has 3 heteroatoms. The molecule has 1 aromatic heterocycles. The zero-order valence-corrected chi connectivity index (χ0v) is 6.86. The van der Waals surface area contributed by atoms with Gasteiger partial charge in [0.05, 0.1) is 6.61 Å². The molecule has 12 heavy (non-hydrogen) atoms. The van der Waals surface area contributed by atoms with Gasteiger partial charge in [0, 0.05) is 17.8 Å². The van der Waals surface area contributed by atoms with E-state index in [1.807, 2.05) is 24.5 Å². The molecule has 0 spiro atoms. The van der Waals surface area contributed by atoms with E-state index in [0.717, 1.165) is 0 Å². The molecule has 1 aromatic rings. The van der Waals surface area contributed by atoms with Crippen molar-refractivity contribution in [3.63, 3.8) is 0 Å². The standard InChI is InChI=1S/C9H12N2O/c10-12-7-9(3-4-9)8-1-5-11-6-2-8/h1-2,5-6H,3-4,7,10H2. The lowest BCUT2D eigenvalue weighted by atomic mass is 9.99. The van der Waals surface area contributed by atoms with E-state index in [1.165, 1.54) is 18.4 Å². The van der Waals surface area contributed by atoms with Crippen molar-refractivity contribution in [3.8, 4) is 0 Å². The fourth-order valence-electron chi connectivity index (χ4n) is 1.53. The Morgan fingerprint density at radius 1 is 1.42 bits per heavy atom. The first-order chi connectivity index (χ1) is 5.87. The van der Waals surface area contributed by atoms with Gasteiger partial charge in [-0.25, -0.2) is 5.90 Å². The average molecular weight is 164 g/mol. The molecule has 1 heterocycles. The summed E-state index contributed by atoms with van der Waals surface area (Å²) >= 11 is 0. The van der Waals surface area contributed by atoms with Crippen molar-refractivity contribution < 1.29 is 4.84 Å². The average Bonchev–Trinajstić information content (AvgIpc) is 2.88. The third-order valence-electron chi connectivity index (χ3n) is 2.51. The summed E-state index contributed by atoms with van der Waals surface area (Å²) in [5.74, 6) is 5.08. The molecule has 0 radical (unpaired) electrons. The van der Waals surface area contributed by atoms with Crippen LogP contribution in [0.4, 0.5) is 0 Å². The van der Waals surface area contributed by atoms with E-state index in [-0.39, 0.29) is 5.41 Å². The van der Waals surface area contributed by atoms with E-state index >= 15 is 0 Å². The van der Waals surface area contributed by atoms with Crippen LogP contribution in [-0.4, -0.2) is 11.6 Å². The van der Waals surface area contributed by atoms with Crippen LogP contribution < -0.4 is 5.90 Å². The Balaban J connectivity index is 2.19. The van der Waals surface area contributed by atoms with Gasteiger partial charge >= 0.3 is 0 Å². The van der Waals surface area contributed by atoms with Crippen molar-refractivity contribution in [2.24, 2.45) is 5.90 Å². The lowest BCUT2D eigenvalue weighted by molar-refractivity contribution is 0.116. The Kier molecular flexibility index (Phi) is 1.83. The third kappa shape index (κ3) is 1.21. The van der Waals surface area contributed by atoms with Crippen LogP contribution in [0.5, 0.6) is 0 Å². The van der Waals surface area contributed by atoms with Crippen molar-refractivity contribution >= 4 is 0 Å². The Morgan fingerprint density at radius 3 is 2.58 bits per heavy atom. The Morgan fingerprint density at radius 2 is 2.08 bits per heavy atom. The maximum Gasteiger partial charge on any atom is 0.0775 e. The number of pyridine rings is 1. The Bertz CT molecular complexity index is 256. The maximum atomic E-state index is 5.08. The fourth-order valence-corrected chi connectivity index (χ4v) is 1.53. The van der Waals surface area contributed by atoms with Crippen LogP contribution in [0.15, 0.2) is 24.5 Å². The smallest absolute Gasteiger partial charge is 0.0775 e. The molecule has 0 bridgehead atoms. The molecule has 1 fully saturated rings. The number of hydrogen-bond acceptors (Lipinski definition) is 3. The van der Waals surface area contributed by atoms with Crippen molar-refractivity contribution in [1.29, 1.82) is 0 Å². The van der Waals surface area contributed by atoms with Crippen molar-refractivity contribution in [2.45, 2.75) is 18.3 Å². The highest BCUT2D eigenvalue weighted by molar-refractivity contribution is 5.29. The summed E-state index contributed by atoms with van der Waals surface area (Å²) in [6.07, 6.45) is 5.97. The Labute approximate surface area is 71.5 Å². The minimum Gasteiger partial charge on any atom is -0.304 e. The molecule has 1 aliphatic carbocycles. The predicted octanol–water partition coefficient (Wildman–Crippen LogP) is 1.00. The molecule has 64 valence electrons. The van der Waals surface area contributed by atoms with Gasteiger partial charge in [0.2, 0.25) is 0 Å². The van der Waals surface area contributed by atoms with Crippen LogP contribution >= 0.6 is 0 Å². The van der Waals surface area contributed by atoms with Gasteiger partial charge in [0.25, 0.3) is 0 Å². The Hall–Kier alpha value is -0.930. The van der Waals surface area contributed by atoms with E-state index in [9.17, 15) is 0 Å². The summed E-state index contributed by atoms with van der Waals surface area (Å²) in [5.41, 5.74) is 1.50. The molecular formula is C9H12N2O. The van der Waals surface area contributed by atoms with Gasteiger partial charge in [-0.1, -0.05) is 0 Å². The molecule has 2 N–H and O–H groups in total. The summed E-state index contributed by atoms with van der Waals surface area (Å²) < 4.78 is 0. The molecule has 0 atom stereocenters. The first-order valence-electron chi connectivity index (χ1n) is 4.10. The van der Waals surface area contributed by atoms with Gasteiger partial charge in [-0.3, -0.25) is 4.98 Å². The van der Waals surface area contributed by atoms with Gasteiger partial charge in [-0.2, -0.15) is 0 Å². The third-order valence-corrected chi connectivity index (χ3v) is 2.51. The van der Waals surface area contributed by atoms with Gasteiger partial charge in [-0.05, 0) is 30.5 Å². The number of nitrogens with two attached hydrogens (primary N) is 1. The second-order valence-electron chi connectivity index (χ2n) is 3.33. The minimum absolute atomic E-state index is 0.206. The summed E-state index contributed by atoms with van der Waals surface area (Å²) in [6.45, 7) is 0.622. The molecule has 0 saturated heterocycles. The second kappa shape index (κ2) is 2.84. The highest BCUT2D eigenvalue weighted by Gasteiger charge is 2.44. The van der Waals surface area contributed by atoms with Gasteiger partial charge in [0.15, 0.2) is 0 Å². The summed E-state index contributed by atoms with van der Waals surface area (Å²) in [4.78, 5) is 8.68. The van der Waals surface area contributed by atoms with Gasteiger partial charge in [0.1, 0.15) is 0 Å². The minimum atomic E-state index is 0.206. The summed E-state index contributed by atoms with van der Waals surface area (Å²) in [7, 11) is 0. The number of aromatic nitrogens is 1. The van der Waals surface area contributed by atoms with Crippen LogP contribution in [0.1, 0.15) is 18.4 Å². The quantitative estimate of drug-likeness (QED) is 0.678. The lowest BCUT2D eigenvalue weighted by Gasteiger charge is -2.12. The molecular weight excluding hydrogens is 152 g/mol. The maximum absolute atomic E-state index is 5.08.